The Morgan fingerprint density at radius 1 is 1.08 bits per heavy atom. The highest BCUT2D eigenvalue weighted by Gasteiger charge is 2.12. The number of nitrogens with zero attached hydrogens (tertiary/aromatic N) is 4. The van der Waals surface area contributed by atoms with Crippen molar-refractivity contribution in [2.75, 3.05) is 5.32 Å². The molecule has 0 aliphatic carbocycles. The first kappa shape index (κ1) is 15.8. The number of hydrogen-bond acceptors (Lipinski definition) is 4. The number of rotatable bonds is 3. The normalized spacial score (nSPS) is 10.8. The summed E-state index contributed by atoms with van der Waals surface area (Å²) in [7, 11) is 0. The third-order valence-corrected chi connectivity index (χ3v) is 3.75. The number of amides is 1. The van der Waals surface area contributed by atoms with Crippen LogP contribution in [0.1, 0.15) is 11.8 Å². The fraction of sp³-hybridized carbons (Fsp3) is 0. The molecule has 0 aliphatic heterocycles. The molecular formula is C18H13F2N5O. The lowest BCUT2D eigenvalue weighted by Crippen LogP contribution is -2.12. The van der Waals surface area contributed by atoms with Crippen LogP contribution in [0.5, 0.6) is 0 Å². The van der Waals surface area contributed by atoms with Gasteiger partial charge in [0.15, 0.2) is 17.3 Å². The maximum atomic E-state index is 13.3. The van der Waals surface area contributed by atoms with E-state index in [1.54, 1.807) is 41.3 Å². The molecule has 0 saturated heterocycles. The van der Waals surface area contributed by atoms with Crippen molar-refractivity contribution < 1.29 is 15.0 Å². The minimum absolute atomic E-state index is 0. The number of hydrogen-bond donors (Lipinski definition) is 1. The molecule has 1 N–H and O–H groups in total. The van der Waals surface area contributed by atoms with Gasteiger partial charge < -0.3 is 5.32 Å². The molecule has 1 amide bonds. The Balaban J connectivity index is 0.00000210. The van der Waals surface area contributed by atoms with Gasteiger partial charge in [-0.1, -0.05) is 0 Å². The molecule has 26 heavy (non-hydrogen) atoms. The van der Waals surface area contributed by atoms with E-state index in [-0.39, 0.29) is 6.99 Å². The predicted molar refractivity (Wildman–Crippen MR) is 92.6 cm³/mol. The molecular weight excluding hydrogens is 340 g/mol. The van der Waals surface area contributed by atoms with Gasteiger partial charge in [-0.05, 0) is 36.4 Å². The van der Waals surface area contributed by atoms with Crippen molar-refractivity contribution in [2.45, 2.75) is 0 Å². The second kappa shape index (κ2) is 6.32. The monoisotopic (exact) mass is 353 g/mol. The number of aromatic nitrogens is 4. The van der Waals surface area contributed by atoms with Crippen molar-refractivity contribution in [3.05, 3.63) is 78.4 Å². The number of carbonyl (C=O) groups excluding carboxylic acids is 1. The van der Waals surface area contributed by atoms with E-state index in [9.17, 15) is 13.6 Å². The van der Waals surface area contributed by atoms with Gasteiger partial charge >= 0.3 is 0 Å². The molecule has 3 aromatic heterocycles. The van der Waals surface area contributed by atoms with Gasteiger partial charge in [-0.3, -0.25) is 9.78 Å². The number of pyridine rings is 1. The van der Waals surface area contributed by atoms with E-state index < -0.39 is 17.5 Å². The highest BCUT2D eigenvalue weighted by atomic mass is 19.2. The third kappa shape index (κ3) is 2.88. The zero-order chi connectivity index (χ0) is 18.1. The Morgan fingerprint density at radius 3 is 2.81 bits per heavy atom. The first-order chi connectivity index (χ1) is 12.6. The van der Waals surface area contributed by atoms with Crippen LogP contribution in [-0.4, -0.2) is 25.5 Å². The molecule has 1 aromatic carbocycles. The Kier molecular flexibility index (Phi) is 3.85. The van der Waals surface area contributed by atoms with Crippen molar-refractivity contribution in [1.29, 1.82) is 0 Å². The average molecular weight is 353 g/mol. The number of benzene rings is 1. The molecule has 4 rings (SSSR count). The van der Waals surface area contributed by atoms with Crippen LogP contribution in [0.25, 0.3) is 16.9 Å². The lowest BCUT2D eigenvalue weighted by atomic mass is 10.2. The number of anilines is 1. The van der Waals surface area contributed by atoms with Crippen molar-refractivity contribution in [1.82, 2.24) is 19.6 Å². The van der Waals surface area contributed by atoms with E-state index in [1.165, 1.54) is 12.3 Å². The summed E-state index contributed by atoms with van der Waals surface area (Å²) >= 11 is 0. The average Bonchev–Trinajstić information content (AvgIpc) is 3.08. The number of carbonyl (C=O) groups is 1. The molecule has 0 spiro atoms. The topological polar surface area (TPSA) is 72.2 Å². The minimum Gasteiger partial charge on any atom is -0.322 e. The first-order valence-electron chi connectivity index (χ1n) is 7.63. The summed E-state index contributed by atoms with van der Waals surface area (Å²) in [5.41, 5.74) is 2.38. The van der Waals surface area contributed by atoms with Crippen LogP contribution in [0, 0.1) is 11.6 Å². The van der Waals surface area contributed by atoms with Gasteiger partial charge in [0.25, 0.3) is 5.91 Å². The summed E-state index contributed by atoms with van der Waals surface area (Å²) in [5, 5.41) is 6.84. The van der Waals surface area contributed by atoms with Crippen molar-refractivity contribution in [3.8, 4) is 11.3 Å². The molecule has 0 unspecified atom stereocenters. The summed E-state index contributed by atoms with van der Waals surface area (Å²) in [4.78, 5) is 20.8. The first-order valence-corrected chi connectivity index (χ1v) is 7.63. The molecule has 0 aliphatic rings. The molecule has 0 saturated carbocycles. The lowest BCUT2D eigenvalue weighted by molar-refractivity contribution is 0.102. The Bertz CT molecular complexity index is 1130. The molecule has 130 valence electrons. The SMILES string of the molecule is O=C(Nc1ccnc(-c2cnn3cccnc23)c1)c1ccc(F)c(F)c1.[HH]. The summed E-state index contributed by atoms with van der Waals surface area (Å²) in [6.45, 7) is 0. The standard InChI is InChI=1S/C18H11F2N5O.H2/c19-14-3-2-11(8-15(14)20)18(26)24-12-4-6-21-16(9-12)13-10-23-25-7-1-5-22-17(13)25;/h1-10H,(H,21,24,26);1H. The van der Waals surface area contributed by atoms with Gasteiger partial charge in [0, 0.05) is 31.3 Å². The van der Waals surface area contributed by atoms with Gasteiger partial charge in [0.2, 0.25) is 0 Å². The zero-order valence-corrected chi connectivity index (χ0v) is 13.2. The van der Waals surface area contributed by atoms with E-state index in [2.05, 4.69) is 20.4 Å². The Hall–Kier alpha value is -3.68. The minimum atomic E-state index is -1.08. The van der Waals surface area contributed by atoms with E-state index in [0.717, 1.165) is 12.1 Å². The molecule has 6 nitrogen and oxygen atoms in total. The van der Waals surface area contributed by atoms with Crippen LogP contribution < -0.4 is 5.32 Å². The van der Waals surface area contributed by atoms with Crippen LogP contribution >= 0.6 is 0 Å². The summed E-state index contributed by atoms with van der Waals surface area (Å²) in [5.74, 6) is -2.64. The largest absolute Gasteiger partial charge is 0.322 e. The third-order valence-electron chi connectivity index (χ3n) is 3.75. The fourth-order valence-electron chi connectivity index (χ4n) is 2.50. The van der Waals surface area contributed by atoms with Gasteiger partial charge in [-0.25, -0.2) is 18.3 Å². The lowest BCUT2D eigenvalue weighted by Gasteiger charge is -2.07. The molecule has 8 heteroatoms. The van der Waals surface area contributed by atoms with E-state index in [0.29, 0.717) is 22.6 Å². The van der Waals surface area contributed by atoms with Crippen LogP contribution in [0.3, 0.4) is 0 Å². The Labute approximate surface area is 147 Å². The van der Waals surface area contributed by atoms with Crippen molar-refractivity contribution >= 4 is 17.2 Å². The van der Waals surface area contributed by atoms with Crippen molar-refractivity contribution in [3.63, 3.8) is 0 Å². The van der Waals surface area contributed by atoms with Crippen molar-refractivity contribution in [2.24, 2.45) is 0 Å². The molecule has 0 atom stereocenters. The molecule has 0 radical (unpaired) electrons. The maximum Gasteiger partial charge on any atom is 0.255 e. The van der Waals surface area contributed by atoms with Crippen LogP contribution in [-0.2, 0) is 0 Å². The van der Waals surface area contributed by atoms with E-state index >= 15 is 0 Å². The molecule has 4 aromatic rings. The fourth-order valence-corrected chi connectivity index (χ4v) is 2.50. The Morgan fingerprint density at radius 2 is 1.96 bits per heavy atom. The number of fused-ring (bicyclic) bond motifs is 1. The smallest absolute Gasteiger partial charge is 0.255 e. The van der Waals surface area contributed by atoms with E-state index in [4.69, 9.17) is 0 Å². The number of halogens is 2. The molecule has 0 fully saturated rings. The van der Waals surface area contributed by atoms with Gasteiger partial charge in [-0.2, -0.15) is 5.10 Å². The summed E-state index contributed by atoms with van der Waals surface area (Å²) in [6, 6.07) is 7.99. The number of nitrogens with one attached hydrogen (secondary N) is 1. The van der Waals surface area contributed by atoms with E-state index in [1.807, 2.05) is 0 Å². The summed E-state index contributed by atoms with van der Waals surface area (Å²) < 4.78 is 27.9. The highest BCUT2D eigenvalue weighted by Crippen LogP contribution is 2.23. The zero-order valence-electron chi connectivity index (χ0n) is 13.2. The quantitative estimate of drug-likeness (QED) is 0.611. The molecule has 0 bridgehead atoms. The van der Waals surface area contributed by atoms with Crippen LogP contribution in [0.4, 0.5) is 14.5 Å². The highest BCUT2D eigenvalue weighted by molar-refractivity contribution is 6.04. The maximum absolute atomic E-state index is 13.3. The van der Waals surface area contributed by atoms with Gasteiger partial charge in [0.1, 0.15) is 0 Å². The second-order valence-electron chi connectivity index (χ2n) is 5.46. The predicted octanol–water partition coefficient (Wildman–Crippen LogP) is 3.57. The summed E-state index contributed by atoms with van der Waals surface area (Å²) in [6.07, 6.45) is 6.57. The molecule has 3 heterocycles. The van der Waals surface area contributed by atoms with Crippen LogP contribution in [0.2, 0.25) is 0 Å². The van der Waals surface area contributed by atoms with Gasteiger partial charge in [0.05, 0.1) is 17.5 Å². The second-order valence-corrected chi connectivity index (χ2v) is 5.46. The van der Waals surface area contributed by atoms with Gasteiger partial charge in [-0.15, -0.1) is 0 Å². The van der Waals surface area contributed by atoms with Crippen LogP contribution in [0.15, 0.2) is 61.2 Å².